The van der Waals surface area contributed by atoms with Crippen molar-refractivity contribution in [3.8, 4) is 17.1 Å². The Labute approximate surface area is 127 Å². The van der Waals surface area contributed by atoms with E-state index >= 15 is 0 Å². The van der Waals surface area contributed by atoms with E-state index in [9.17, 15) is 4.79 Å². The number of nitrogens with zero attached hydrogens (tertiary/aromatic N) is 1. The Hall–Kier alpha value is -3.08. The predicted molar refractivity (Wildman–Crippen MR) is 82.9 cm³/mol. The minimum Gasteiger partial charge on any atom is -0.497 e. The van der Waals surface area contributed by atoms with Gasteiger partial charge in [-0.25, -0.2) is 4.98 Å². The van der Waals surface area contributed by atoms with Gasteiger partial charge in [-0.2, -0.15) is 0 Å². The van der Waals surface area contributed by atoms with Gasteiger partial charge in [-0.15, -0.1) is 0 Å². The van der Waals surface area contributed by atoms with E-state index < -0.39 is 0 Å². The highest BCUT2D eigenvalue weighted by Crippen LogP contribution is 2.21. The molecule has 0 fully saturated rings. The van der Waals surface area contributed by atoms with Crippen molar-refractivity contribution < 1.29 is 13.9 Å². The number of amides is 1. The maximum atomic E-state index is 12.2. The van der Waals surface area contributed by atoms with Crippen LogP contribution in [0, 0.1) is 0 Å². The first kappa shape index (κ1) is 13.9. The van der Waals surface area contributed by atoms with E-state index in [0.29, 0.717) is 22.8 Å². The van der Waals surface area contributed by atoms with Gasteiger partial charge in [-0.1, -0.05) is 6.07 Å². The number of methoxy groups -OCH3 is 1. The third-order valence-corrected chi connectivity index (χ3v) is 3.19. The number of rotatable bonds is 4. The average molecular weight is 294 g/mol. The zero-order valence-corrected chi connectivity index (χ0v) is 11.9. The number of benzene rings is 2. The van der Waals surface area contributed by atoms with Gasteiger partial charge >= 0.3 is 0 Å². The molecule has 0 radical (unpaired) electrons. The van der Waals surface area contributed by atoms with Crippen molar-refractivity contribution in [2.45, 2.75) is 0 Å². The van der Waals surface area contributed by atoms with Gasteiger partial charge in [0.05, 0.1) is 13.3 Å². The molecule has 0 aliphatic carbocycles. The first-order chi connectivity index (χ1) is 10.8. The van der Waals surface area contributed by atoms with Crippen LogP contribution in [0.4, 0.5) is 5.69 Å². The predicted octanol–water partition coefficient (Wildman–Crippen LogP) is 3.60. The van der Waals surface area contributed by atoms with Crippen molar-refractivity contribution in [3.63, 3.8) is 0 Å². The smallest absolute Gasteiger partial charge is 0.255 e. The molecule has 0 aliphatic rings. The molecule has 110 valence electrons. The standard InChI is InChI=1S/C17H14N2O3/c1-21-15-4-2-3-13(9-15)17(20)19-14-7-5-12(6-8-14)16-10-18-11-22-16/h2-11H,1H3,(H,19,20). The average Bonchev–Trinajstić information content (AvgIpc) is 3.10. The highest BCUT2D eigenvalue weighted by atomic mass is 16.5. The fourth-order valence-corrected chi connectivity index (χ4v) is 2.04. The zero-order chi connectivity index (χ0) is 15.4. The summed E-state index contributed by atoms with van der Waals surface area (Å²) in [6.07, 6.45) is 3.03. The summed E-state index contributed by atoms with van der Waals surface area (Å²) in [5.41, 5.74) is 2.15. The molecule has 0 saturated heterocycles. The maximum absolute atomic E-state index is 12.2. The molecule has 0 unspecified atom stereocenters. The molecule has 1 N–H and O–H groups in total. The van der Waals surface area contributed by atoms with Crippen LogP contribution in [0.2, 0.25) is 0 Å². The molecule has 5 heteroatoms. The Morgan fingerprint density at radius 1 is 1.18 bits per heavy atom. The van der Waals surface area contributed by atoms with Crippen LogP contribution in [-0.2, 0) is 0 Å². The summed E-state index contributed by atoms with van der Waals surface area (Å²) in [5, 5.41) is 2.84. The first-order valence-electron chi connectivity index (χ1n) is 6.70. The maximum Gasteiger partial charge on any atom is 0.255 e. The molecule has 3 aromatic rings. The summed E-state index contributed by atoms with van der Waals surface area (Å²) in [6, 6.07) is 14.4. The van der Waals surface area contributed by atoms with Crippen molar-refractivity contribution in [1.82, 2.24) is 4.98 Å². The van der Waals surface area contributed by atoms with Crippen molar-refractivity contribution in [1.29, 1.82) is 0 Å². The lowest BCUT2D eigenvalue weighted by atomic mass is 10.1. The van der Waals surface area contributed by atoms with Crippen LogP contribution in [0.3, 0.4) is 0 Å². The van der Waals surface area contributed by atoms with Gasteiger partial charge in [0.2, 0.25) is 0 Å². The van der Waals surface area contributed by atoms with Crippen LogP contribution in [0.5, 0.6) is 5.75 Å². The van der Waals surface area contributed by atoms with Crippen LogP contribution in [0.25, 0.3) is 11.3 Å². The van der Waals surface area contributed by atoms with Crippen molar-refractivity contribution in [2.75, 3.05) is 12.4 Å². The second kappa shape index (κ2) is 6.13. The molecule has 0 bridgehead atoms. The van der Waals surface area contributed by atoms with Crippen LogP contribution in [-0.4, -0.2) is 18.0 Å². The van der Waals surface area contributed by atoms with Gasteiger partial charge in [-0.05, 0) is 42.5 Å². The van der Waals surface area contributed by atoms with Crippen LogP contribution in [0.1, 0.15) is 10.4 Å². The SMILES string of the molecule is COc1cccc(C(=O)Nc2ccc(-c3cnco3)cc2)c1. The van der Waals surface area contributed by atoms with E-state index in [1.165, 1.54) is 6.39 Å². The minimum atomic E-state index is -0.189. The molecule has 0 saturated carbocycles. The zero-order valence-electron chi connectivity index (χ0n) is 11.9. The van der Waals surface area contributed by atoms with Crippen molar-refractivity contribution in [3.05, 3.63) is 66.7 Å². The first-order valence-corrected chi connectivity index (χ1v) is 6.70. The molecule has 1 aromatic heterocycles. The molecule has 1 heterocycles. The lowest BCUT2D eigenvalue weighted by Gasteiger charge is -2.07. The number of nitrogens with one attached hydrogen (secondary N) is 1. The largest absolute Gasteiger partial charge is 0.497 e. The summed E-state index contributed by atoms with van der Waals surface area (Å²) in [4.78, 5) is 16.1. The normalized spacial score (nSPS) is 10.2. The highest BCUT2D eigenvalue weighted by Gasteiger charge is 2.08. The third kappa shape index (κ3) is 2.98. The van der Waals surface area contributed by atoms with E-state index in [-0.39, 0.29) is 5.91 Å². The van der Waals surface area contributed by atoms with Gasteiger partial charge in [0.25, 0.3) is 5.91 Å². The monoisotopic (exact) mass is 294 g/mol. The molecular formula is C17H14N2O3. The van der Waals surface area contributed by atoms with Gasteiger partial charge in [0.1, 0.15) is 5.75 Å². The molecule has 0 aliphatic heterocycles. The Bertz CT molecular complexity index is 765. The molecule has 1 amide bonds. The highest BCUT2D eigenvalue weighted by molar-refractivity contribution is 6.04. The Morgan fingerprint density at radius 2 is 2.00 bits per heavy atom. The lowest BCUT2D eigenvalue weighted by molar-refractivity contribution is 0.102. The van der Waals surface area contributed by atoms with E-state index in [4.69, 9.17) is 9.15 Å². The third-order valence-electron chi connectivity index (χ3n) is 3.19. The minimum absolute atomic E-state index is 0.189. The summed E-state index contributed by atoms with van der Waals surface area (Å²) < 4.78 is 10.3. The number of hydrogen-bond acceptors (Lipinski definition) is 4. The molecule has 0 spiro atoms. The second-order valence-corrected chi connectivity index (χ2v) is 4.63. The summed E-state index contributed by atoms with van der Waals surface area (Å²) in [7, 11) is 1.57. The van der Waals surface area contributed by atoms with E-state index in [2.05, 4.69) is 10.3 Å². The topological polar surface area (TPSA) is 64.4 Å². The number of ether oxygens (including phenoxy) is 1. The number of carbonyl (C=O) groups excluding carboxylic acids is 1. The molecular weight excluding hydrogens is 280 g/mol. The molecule has 5 nitrogen and oxygen atoms in total. The second-order valence-electron chi connectivity index (χ2n) is 4.63. The fourth-order valence-electron chi connectivity index (χ4n) is 2.04. The van der Waals surface area contributed by atoms with Crippen molar-refractivity contribution in [2.24, 2.45) is 0 Å². The Balaban J connectivity index is 1.74. The van der Waals surface area contributed by atoms with Crippen molar-refractivity contribution >= 4 is 11.6 Å². The number of oxazole rings is 1. The fraction of sp³-hybridized carbons (Fsp3) is 0.0588. The van der Waals surface area contributed by atoms with Gasteiger partial charge in [0.15, 0.2) is 12.2 Å². The van der Waals surface area contributed by atoms with E-state index in [1.807, 2.05) is 24.3 Å². The summed E-state index contributed by atoms with van der Waals surface area (Å²) in [6.45, 7) is 0. The van der Waals surface area contributed by atoms with Crippen LogP contribution >= 0.6 is 0 Å². The molecule has 3 rings (SSSR count). The van der Waals surface area contributed by atoms with E-state index in [0.717, 1.165) is 5.56 Å². The summed E-state index contributed by atoms with van der Waals surface area (Å²) in [5.74, 6) is 1.14. The van der Waals surface area contributed by atoms with Gasteiger partial charge in [-0.3, -0.25) is 4.79 Å². The molecule has 0 atom stereocenters. The lowest BCUT2D eigenvalue weighted by Crippen LogP contribution is -2.11. The summed E-state index contributed by atoms with van der Waals surface area (Å²) >= 11 is 0. The molecule has 22 heavy (non-hydrogen) atoms. The van der Waals surface area contributed by atoms with E-state index in [1.54, 1.807) is 37.6 Å². The number of anilines is 1. The van der Waals surface area contributed by atoms with Gasteiger partial charge < -0.3 is 14.5 Å². The number of hydrogen-bond donors (Lipinski definition) is 1. The van der Waals surface area contributed by atoms with Crippen LogP contribution < -0.4 is 10.1 Å². The molecule has 2 aromatic carbocycles. The quantitative estimate of drug-likeness (QED) is 0.798. The Morgan fingerprint density at radius 3 is 2.68 bits per heavy atom. The number of aromatic nitrogens is 1. The van der Waals surface area contributed by atoms with Crippen LogP contribution in [0.15, 0.2) is 65.5 Å². The Kier molecular flexibility index (Phi) is 3.87. The number of carbonyl (C=O) groups is 1. The van der Waals surface area contributed by atoms with Gasteiger partial charge in [0, 0.05) is 16.8 Å².